The third kappa shape index (κ3) is 3.31. The summed E-state index contributed by atoms with van der Waals surface area (Å²) in [5.74, 6) is 0. The van der Waals surface area contributed by atoms with Crippen LogP contribution in [0.5, 0.6) is 0 Å². The molecule has 1 aliphatic rings. The Morgan fingerprint density at radius 1 is 1.21 bits per heavy atom. The van der Waals surface area contributed by atoms with Crippen LogP contribution >= 0.6 is 11.6 Å². The fourth-order valence-electron chi connectivity index (χ4n) is 3.17. The number of benzene rings is 1. The van der Waals surface area contributed by atoms with Crippen molar-refractivity contribution in [3.05, 3.63) is 34.9 Å². The first-order valence-corrected chi connectivity index (χ1v) is 7.71. The fraction of sp³-hybridized carbons (Fsp3) is 0.625. The lowest BCUT2D eigenvalue weighted by Gasteiger charge is -2.38. The third-order valence-corrected chi connectivity index (χ3v) is 4.53. The molecule has 1 fully saturated rings. The van der Waals surface area contributed by atoms with Gasteiger partial charge < -0.3 is 10.5 Å². The third-order valence-electron chi connectivity index (χ3n) is 4.19. The molecular weight excluding hydrogens is 258 g/mol. The minimum atomic E-state index is -0.240. The molecule has 0 radical (unpaired) electrons. The molecule has 1 saturated carbocycles. The van der Waals surface area contributed by atoms with Crippen molar-refractivity contribution in [2.45, 2.75) is 57.1 Å². The van der Waals surface area contributed by atoms with Gasteiger partial charge >= 0.3 is 0 Å². The van der Waals surface area contributed by atoms with Crippen molar-refractivity contribution in [2.24, 2.45) is 5.73 Å². The molecule has 0 amide bonds. The molecule has 0 aromatic heterocycles. The van der Waals surface area contributed by atoms with Crippen LogP contribution in [0, 0.1) is 0 Å². The standard InChI is InChI=1S/C16H24ClNO/c1-2-19-16(11-7-3-4-8-12-16)15(18)13-9-5-6-10-14(13)17/h5-6,9-10,15H,2-4,7-8,11-12,18H2,1H3. The van der Waals surface area contributed by atoms with Crippen molar-refractivity contribution in [2.75, 3.05) is 6.61 Å². The van der Waals surface area contributed by atoms with Gasteiger partial charge in [-0.05, 0) is 31.4 Å². The summed E-state index contributed by atoms with van der Waals surface area (Å²) in [5, 5.41) is 0.748. The van der Waals surface area contributed by atoms with E-state index in [0.717, 1.165) is 23.4 Å². The predicted octanol–water partition coefficient (Wildman–Crippen LogP) is 4.47. The van der Waals surface area contributed by atoms with E-state index in [4.69, 9.17) is 22.1 Å². The monoisotopic (exact) mass is 281 g/mol. The van der Waals surface area contributed by atoms with Crippen LogP contribution in [0.3, 0.4) is 0 Å². The first-order valence-electron chi connectivity index (χ1n) is 7.33. The number of rotatable bonds is 4. The molecule has 1 aromatic carbocycles. The molecule has 1 aliphatic carbocycles. The highest BCUT2D eigenvalue weighted by atomic mass is 35.5. The van der Waals surface area contributed by atoms with Crippen molar-refractivity contribution in [1.29, 1.82) is 0 Å². The van der Waals surface area contributed by atoms with Gasteiger partial charge in [0.25, 0.3) is 0 Å². The van der Waals surface area contributed by atoms with Crippen LogP contribution in [0.2, 0.25) is 5.02 Å². The molecule has 2 rings (SSSR count). The molecule has 1 atom stereocenters. The van der Waals surface area contributed by atoms with Gasteiger partial charge in [0.1, 0.15) is 0 Å². The van der Waals surface area contributed by atoms with Crippen LogP contribution in [0.15, 0.2) is 24.3 Å². The van der Waals surface area contributed by atoms with Gasteiger partial charge in [-0.2, -0.15) is 0 Å². The zero-order valence-electron chi connectivity index (χ0n) is 11.7. The lowest BCUT2D eigenvalue weighted by Crippen LogP contribution is -2.43. The highest BCUT2D eigenvalue weighted by Gasteiger charge is 2.39. The molecule has 1 aromatic rings. The summed E-state index contributed by atoms with van der Waals surface area (Å²) in [4.78, 5) is 0. The molecule has 19 heavy (non-hydrogen) atoms. The minimum absolute atomic E-state index is 0.140. The first-order chi connectivity index (χ1) is 9.19. The van der Waals surface area contributed by atoms with Gasteiger partial charge in [-0.3, -0.25) is 0 Å². The first kappa shape index (κ1) is 14.8. The Labute approximate surface area is 121 Å². The molecule has 0 heterocycles. The maximum Gasteiger partial charge on any atom is 0.0874 e. The van der Waals surface area contributed by atoms with Crippen LogP contribution in [-0.4, -0.2) is 12.2 Å². The topological polar surface area (TPSA) is 35.2 Å². The summed E-state index contributed by atoms with van der Waals surface area (Å²) in [5.41, 5.74) is 7.33. The molecule has 106 valence electrons. The van der Waals surface area contributed by atoms with E-state index in [2.05, 4.69) is 0 Å². The number of ether oxygens (including phenoxy) is 1. The Morgan fingerprint density at radius 3 is 2.42 bits per heavy atom. The smallest absolute Gasteiger partial charge is 0.0874 e. The number of halogens is 1. The number of nitrogens with two attached hydrogens (primary N) is 1. The van der Waals surface area contributed by atoms with E-state index in [1.807, 2.05) is 31.2 Å². The maximum atomic E-state index is 6.55. The van der Waals surface area contributed by atoms with Crippen LogP contribution in [0.4, 0.5) is 0 Å². The summed E-state index contributed by atoms with van der Waals surface area (Å²) in [6.45, 7) is 2.75. The van der Waals surface area contributed by atoms with Crippen LogP contribution in [-0.2, 0) is 4.74 Å². The Bertz CT molecular complexity index is 399. The summed E-state index contributed by atoms with van der Waals surface area (Å²) in [7, 11) is 0. The van der Waals surface area contributed by atoms with E-state index in [1.165, 1.54) is 25.7 Å². The molecule has 2 nitrogen and oxygen atoms in total. The zero-order valence-corrected chi connectivity index (χ0v) is 12.5. The summed E-state index contributed by atoms with van der Waals surface area (Å²) >= 11 is 6.31. The summed E-state index contributed by atoms with van der Waals surface area (Å²) in [6, 6.07) is 7.74. The van der Waals surface area contributed by atoms with E-state index < -0.39 is 0 Å². The van der Waals surface area contributed by atoms with Gasteiger partial charge in [0.05, 0.1) is 11.6 Å². The Kier molecular flexibility index (Phi) is 5.26. The van der Waals surface area contributed by atoms with Gasteiger partial charge in [-0.25, -0.2) is 0 Å². The molecule has 0 spiro atoms. The van der Waals surface area contributed by atoms with Crippen LogP contribution < -0.4 is 5.73 Å². The fourth-order valence-corrected chi connectivity index (χ4v) is 3.42. The maximum absolute atomic E-state index is 6.55. The minimum Gasteiger partial charge on any atom is -0.373 e. The quantitative estimate of drug-likeness (QED) is 0.827. The predicted molar refractivity (Wildman–Crippen MR) is 80.4 cm³/mol. The highest BCUT2D eigenvalue weighted by Crippen LogP contribution is 2.40. The van der Waals surface area contributed by atoms with Crippen molar-refractivity contribution in [3.8, 4) is 0 Å². The largest absolute Gasteiger partial charge is 0.373 e. The van der Waals surface area contributed by atoms with Gasteiger partial charge in [0.15, 0.2) is 0 Å². The van der Waals surface area contributed by atoms with E-state index in [9.17, 15) is 0 Å². The molecule has 3 heteroatoms. The average molecular weight is 282 g/mol. The van der Waals surface area contributed by atoms with Crippen LogP contribution in [0.1, 0.15) is 57.1 Å². The van der Waals surface area contributed by atoms with Crippen molar-refractivity contribution in [1.82, 2.24) is 0 Å². The van der Waals surface area contributed by atoms with Gasteiger partial charge in [-0.1, -0.05) is 55.5 Å². The van der Waals surface area contributed by atoms with Gasteiger partial charge in [0.2, 0.25) is 0 Å². The Hall–Kier alpha value is -0.570. The van der Waals surface area contributed by atoms with Gasteiger partial charge in [-0.15, -0.1) is 0 Å². The van der Waals surface area contributed by atoms with Crippen molar-refractivity contribution < 1.29 is 4.74 Å². The lowest BCUT2D eigenvalue weighted by atomic mass is 9.82. The molecule has 1 unspecified atom stereocenters. The molecular formula is C16H24ClNO. The van der Waals surface area contributed by atoms with Crippen molar-refractivity contribution in [3.63, 3.8) is 0 Å². The number of hydrogen-bond acceptors (Lipinski definition) is 2. The number of hydrogen-bond donors (Lipinski definition) is 1. The molecule has 0 bridgehead atoms. The second kappa shape index (κ2) is 6.74. The Morgan fingerprint density at radius 2 is 1.84 bits per heavy atom. The van der Waals surface area contributed by atoms with Crippen molar-refractivity contribution >= 4 is 11.6 Å². The van der Waals surface area contributed by atoms with E-state index >= 15 is 0 Å². The second-order valence-corrected chi connectivity index (χ2v) is 5.82. The summed E-state index contributed by atoms with van der Waals surface area (Å²) < 4.78 is 6.14. The lowest BCUT2D eigenvalue weighted by molar-refractivity contribution is -0.0695. The highest BCUT2D eigenvalue weighted by molar-refractivity contribution is 6.31. The van der Waals surface area contributed by atoms with E-state index in [1.54, 1.807) is 0 Å². The summed E-state index contributed by atoms with van der Waals surface area (Å²) in [6.07, 6.45) is 7.02. The zero-order chi connectivity index (χ0) is 13.7. The molecule has 2 N–H and O–H groups in total. The SMILES string of the molecule is CCOC1(C(N)c2ccccc2Cl)CCCCCC1. The van der Waals surface area contributed by atoms with Crippen LogP contribution in [0.25, 0.3) is 0 Å². The molecule has 0 saturated heterocycles. The van der Waals surface area contributed by atoms with Gasteiger partial charge in [0, 0.05) is 11.6 Å². The second-order valence-electron chi connectivity index (χ2n) is 5.41. The van der Waals surface area contributed by atoms with E-state index in [-0.39, 0.29) is 11.6 Å². The Balaban J connectivity index is 2.29. The molecule has 0 aliphatic heterocycles. The normalized spacial score (nSPS) is 20.8. The van der Waals surface area contributed by atoms with E-state index in [0.29, 0.717) is 6.61 Å². The average Bonchev–Trinajstić information content (AvgIpc) is 2.66.